The second-order valence-corrected chi connectivity index (χ2v) is 11.0. The van der Waals surface area contributed by atoms with Crippen molar-refractivity contribution in [3.05, 3.63) is 95.3 Å². The van der Waals surface area contributed by atoms with E-state index >= 15 is 0 Å². The van der Waals surface area contributed by atoms with Crippen LogP contribution < -0.4 is 21.3 Å². The summed E-state index contributed by atoms with van der Waals surface area (Å²) in [7, 11) is 1.36. The monoisotopic (exact) mass is 609 g/mol. The summed E-state index contributed by atoms with van der Waals surface area (Å²) in [6.45, 7) is 5.18. The van der Waals surface area contributed by atoms with Crippen molar-refractivity contribution in [3.63, 3.8) is 0 Å². The van der Waals surface area contributed by atoms with Crippen LogP contribution in [0.2, 0.25) is 0 Å². The molecule has 12 heteroatoms. The van der Waals surface area contributed by atoms with Gasteiger partial charge in [0.15, 0.2) is 0 Å². The zero-order valence-corrected chi connectivity index (χ0v) is 25.1. The molecule has 4 N–H and O–H groups in total. The number of carbonyl (C=O) groups excluding carboxylic acids is 1. The number of rotatable bonds is 12. The minimum Gasteiger partial charge on any atom is -0.467 e. The van der Waals surface area contributed by atoms with Gasteiger partial charge in [-0.2, -0.15) is 15.0 Å². The predicted octanol–water partition coefficient (Wildman–Crippen LogP) is 4.10. The van der Waals surface area contributed by atoms with E-state index in [9.17, 15) is 9.18 Å². The first-order chi connectivity index (χ1) is 22.0. The van der Waals surface area contributed by atoms with Gasteiger partial charge in [-0.3, -0.25) is 9.89 Å². The molecule has 2 aliphatic heterocycles. The van der Waals surface area contributed by atoms with E-state index in [-0.39, 0.29) is 11.8 Å². The molecular weight excluding hydrogens is 573 g/mol. The van der Waals surface area contributed by atoms with E-state index in [4.69, 9.17) is 4.74 Å². The molecule has 3 aromatic carbocycles. The lowest BCUT2D eigenvalue weighted by molar-refractivity contribution is -0.141. The number of piperazine rings is 1. The Morgan fingerprint density at radius 3 is 2.56 bits per heavy atom. The number of aliphatic imine (C=N–C) groups is 1. The smallest absolute Gasteiger partial charge is 0.328 e. The summed E-state index contributed by atoms with van der Waals surface area (Å²) in [6.07, 6.45) is 0.982. The van der Waals surface area contributed by atoms with Crippen LogP contribution in [0.5, 0.6) is 0 Å². The molecule has 0 aliphatic carbocycles. The first-order valence-electron chi connectivity index (χ1n) is 15.0. The summed E-state index contributed by atoms with van der Waals surface area (Å²) in [4.78, 5) is 33.6. The summed E-state index contributed by atoms with van der Waals surface area (Å²) in [5, 5.41) is 13.1. The Hall–Kier alpha value is -4.94. The van der Waals surface area contributed by atoms with E-state index in [2.05, 4.69) is 58.2 Å². The van der Waals surface area contributed by atoms with Gasteiger partial charge in [-0.15, -0.1) is 0 Å². The fourth-order valence-electron chi connectivity index (χ4n) is 5.42. The number of anilines is 4. The lowest BCUT2D eigenvalue weighted by Gasteiger charge is -2.27. The molecule has 1 fully saturated rings. The molecule has 0 radical (unpaired) electrons. The highest BCUT2D eigenvalue weighted by molar-refractivity contribution is 5.96. The molecule has 232 valence electrons. The minimum atomic E-state index is -0.730. The number of nitrogens with one attached hydrogen (secondary N) is 4. The lowest BCUT2D eigenvalue weighted by atomic mass is 10.1. The van der Waals surface area contributed by atoms with Gasteiger partial charge < -0.3 is 26.0 Å². The Balaban J connectivity index is 1.23. The van der Waals surface area contributed by atoms with Gasteiger partial charge in [0.1, 0.15) is 11.9 Å². The molecule has 3 heterocycles. The Morgan fingerprint density at radius 2 is 1.73 bits per heavy atom. The number of nitrogens with zero attached hydrogens (tertiary/aromatic N) is 5. The van der Waals surface area contributed by atoms with Gasteiger partial charge in [0.05, 0.1) is 19.3 Å². The maximum atomic E-state index is 13.7. The Bertz CT molecular complexity index is 1660. The van der Waals surface area contributed by atoms with Crippen LogP contribution in [0.4, 0.5) is 33.6 Å². The van der Waals surface area contributed by atoms with Crippen molar-refractivity contribution < 1.29 is 13.9 Å². The third-order valence-electron chi connectivity index (χ3n) is 7.68. The highest BCUT2D eigenvalue weighted by Gasteiger charge is 2.22. The molecule has 45 heavy (non-hydrogen) atoms. The number of hydrogen-bond acceptors (Lipinski definition) is 11. The van der Waals surface area contributed by atoms with E-state index in [0.29, 0.717) is 37.0 Å². The number of methoxy groups -OCH3 is 1. The second kappa shape index (κ2) is 14.2. The summed E-state index contributed by atoms with van der Waals surface area (Å²) in [5.74, 6) is 0.0472. The summed E-state index contributed by atoms with van der Waals surface area (Å²) < 4.78 is 18.8. The number of aromatic nitrogens is 3. The highest BCUT2D eigenvalue weighted by Crippen LogP contribution is 2.27. The summed E-state index contributed by atoms with van der Waals surface area (Å²) >= 11 is 0. The Labute approximate surface area is 261 Å². The van der Waals surface area contributed by atoms with Gasteiger partial charge in [0.2, 0.25) is 17.8 Å². The second-order valence-electron chi connectivity index (χ2n) is 11.0. The number of hydrogen-bond donors (Lipinski definition) is 4. The number of esters is 1. The van der Waals surface area contributed by atoms with Crippen molar-refractivity contribution in [3.8, 4) is 0 Å². The zero-order chi connectivity index (χ0) is 31.0. The maximum absolute atomic E-state index is 13.7. The fourth-order valence-corrected chi connectivity index (χ4v) is 5.42. The Morgan fingerprint density at radius 1 is 0.956 bits per heavy atom. The van der Waals surface area contributed by atoms with Crippen LogP contribution >= 0.6 is 0 Å². The van der Waals surface area contributed by atoms with Crippen molar-refractivity contribution in [2.75, 3.05) is 55.8 Å². The van der Waals surface area contributed by atoms with Crippen LogP contribution in [-0.2, 0) is 28.9 Å². The lowest BCUT2D eigenvalue weighted by Crippen LogP contribution is -2.42. The SMILES string of the molecule is COC(=O)[C@H](Cc1ccccc1)Nc1nc(NCC2=Nc3cc(F)ccc3C2)nc(Nc2cccc(CN3CCNCC3)c2)n1. The number of fused-ring (bicyclic) bond motifs is 1. The standard InChI is InChI=1S/C33H36FN9O2/c1-45-30(44)29(17-22-6-3-2-4-7-22)39-33-41-31(36-20-27-18-24-10-11-25(34)19-28(24)37-27)40-32(42-33)38-26-9-5-8-23(16-26)21-43-14-12-35-13-15-43/h2-11,16,19,29,35H,12-15,17-18,20-21H2,1H3,(H3,36,38,39,40,41,42)/t29-/m0/s1. The molecule has 0 amide bonds. The van der Waals surface area contributed by atoms with Gasteiger partial charge in [0.25, 0.3) is 0 Å². The van der Waals surface area contributed by atoms with E-state index in [1.165, 1.54) is 24.8 Å². The predicted molar refractivity (Wildman–Crippen MR) is 173 cm³/mol. The minimum absolute atomic E-state index is 0.206. The maximum Gasteiger partial charge on any atom is 0.328 e. The first-order valence-corrected chi connectivity index (χ1v) is 15.0. The van der Waals surface area contributed by atoms with E-state index < -0.39 is 12.0 Å². The van der Waals surface area contributed by atoms with Gasteiger partial charge >= 0.3 is 5.97 Å². The third kappa shape index (κ3) is 8.16. The van der Waals surface area contributed by atoms with Crippen LogP contribution in [0.1, 0.15) is 16.7 Å². The van der Waals surface area contributed by atoms with Crippen molar-refractivity contribution in [2.24, 2.45) is 4.99 Å². The molecular formula is C33H36FN9O2. The van der Waals surface area contributed by atoms with Crippen LogP contribution in [-0.4, -0.2) is 77.4 Å². The highest BCUT2D eigenvalue weighted by atomic mass is 19.1. The molecule has 6 rings (SSSR count). The fraction of sp³-hybridized carbons (Fsp3) is 0.303. The van der Waals surface area contributed by atoms with Crippen LogP contribution in [0.15, 0.2) is 77.8 Å². The van der Waals surface area contributed by atoms with Crippen molar-refractivity contribution in [2.45, 2.75) is 25.4 Å². The van der Waals surface area contributed by atoms with E-state index in [1.54, 1.807) is 6.07 Å². The molecule has 0 unspecified atom stereocenters. The first kappa shape index (κ1) is 30.1. The number of benzene rings is 3. The van der Waals surface area contributed by atoms with Crippen molar-refractivity contribution >= 4 is 40.9 Å². The number of ether oxygens (including phenoxy) is 1. The van der Waals surface area contributed by atoms with Crippen LogP contribution in [0, 0.1) is 5.82 Å². The topological polar surface area (TPSA) is 129 Å². The number of carbonyl (C=O) groups is 1. The zero-order valence-electron chi connectivity index (χ0n) is 25.1. The molecule has 11 nitrogen and oxygen atoms in total. The van der Waals surface area contributed by atoms with E-state index in [1.807, 2.05) is 42.5 Å². The van der Waals surface area contributed by atoms with Gasteiger partial charge in [-0.05, 0) is 41.0 Å². The molecule has 1 saturated heterocycles. The molecule has 4 aromatic rings. The quantitative estimate of drug-likeness (QED) is 0.174. The molecule has 2 aliphatic rings. The summed E-state index contributed by atoms with van der Waals surface area (Å²) in [5.41, 5.74) is 5.40. The van der Waals surface area contributed by atoms with Gasteiger partial charge in [0, 0.05) is 57.0 Å². The molecule has 1 atom stereocenters. The molecule has 0 saturated carbocycles. The average Bonchev–Trinajstić information content (AvgIpc) is 3.46. The van der Waals surface area contributed by atoms with Crippen LogP contribution in [0.3, 0.4) is 0 Å². The normalized spacial score (nSPS) is 15.1. The van der Waals surface area contributed by atoms with Crippen LogP contribution in [0.25, 0.3) is 0 Å². The van der Waals surface area contributed by atoms with Crippen molar-refractivity contribution in [1.29, 1.82) is 0 Å². The molecule has 1 aromatic heterocycles. The Kier molecular flexibility index (Phi) is 9.52. The van der Waals surface area contributed by atoms with Gasteiger partial charge in [-0.25, -0.2) is 9.18 Å². The van der Waals surface area contributed by atoms with Gasteiger partial charge in [-0.1, -0.05) is 48.5 Å². The number of halogens is 1. The summed E-state index contributed by atoms with van der Waals surface area (Å²) in [6, 6.07) is 21.7. The van der Waals surface area contributed by atoms with E-state index in [0.717, 1.165) is 55.2 Å². The molecule has 0 bridgehead atoms. The third-order valence-corrected chi connectivity index (χ3v) is 7.68. The average molecular weight is 610 g/mol. The largest absolute Gasteiger partial charge is 0.467 e. The van der Waals surface area contributed by atoms with Crippen molar-refractivity contribution in [1.82, 2.24) is 25.2 Å². The molecule has 0 spiro atoms.